The van der Waals surface area contributed by atoms with Crippen molar-refractivity contribution >= 4 is 16.9 Å². The number of nitrogens with zero attached hydrogens (tertiary/aromatic N) is 1. The van der Waals surface area contributed by atoms with Crippen LogP contribution in [0.25, 0.3) is 0 Å². The van der Waals surface area contributed by atoms with Crippen molar-refractivity contribution < 1.29 is 0 Å². The number of rotatable bonds is 3. The molecule has 1 spiro atoms. The van der Waals surface area contributed by atoms with Crippen LogP contribution in [0.2, 0.25) is 0 Å². The summed E-state index contributed by atoms with van der Waals surface area (Å²) in [4.78, 5) is 4.85. The van der Waals surface area contributed by atoms with E-state index in [4.69, 9.17) is 4.99 Å². The van der Waals surface area contributed by atoms with Crippen LogP contribution in [0.1, 0.15) is 64.7 Å². The molecule has 2 saturated carbocycles. The lowest BCUT2D eigenvalue weighted by Gasteiger charge is -2.32. The van der Waals surface area contributed by atoms with E-state index in [2.05, 4.69) is 12.2 Å². The third-order valence-electron chi connectivity index (χ3n) is 5.82. The van der Waals surface area contributed by atoms with Crippen LogP contribution in [-0.4, -0.2) is 24.0 Å². The maximum Gasteiger partial charge on any atom is 0.156 e. The highest BCUT2D eigenvalue weighted by Crippen LogP contribution is 2.43. The van der Waals surface area contributed by atoms with Crippen LogP contribution in [-0.2, 0) is 0 Å². The number of nitrogens with one attached hydrogen (secondary N) is 1. The average Bonchev–Trinajstić information content (AvgIpc) is 2.96. The van der Waals surface area contributed by atoms with Crippen molar-refractivity contribution in [2.24, 2.45) is 22.2 Å². The van der Waals surface area contributed by atoms with Crippen LogP contribution in [0.15, 0.2) is 4.99 Å². The van der Waals surface area contributed by atoms with Crippen LogP contribution in [0.3, 0.4) is 0 Å². The van der Waals surface area contributed by atoms with Crippen LogP contribution in [0.4, 0.5) is 0 Å². The smallest absolute Gasteiger partial charge is 0.156 e. The number of aliphatic imine (C=N–C) groups is 1. The topological polar surface area (TPSA) is 24.4 Å². The predicted molar refractivity (Wildman–Crippen MR) is 89.4 cm³/mol. The van der Waals surface area contributed by atoms with Crippen molar-refractivity contribution in [3.8, 4) is 0 Å². The summed E-state index contributed by atoms with van der Waals surface area (Å²) in [7, 11) is 0. The van der Waals surface area contributed by atoms with Crippen LogP contribution >= 0.6 is 11.8 Å². The Balaban J connectivity index is 1.40. The van der Waals surface area contributed by atoms with E-state index < -0.39 is 0 Å². The molecule has 1 aliphatic heterocycles. The van der Waals surface area contributed by atoms with Gasteiger partial charge in [-0.1, -0.05) is 50.8 Å². The molecular formula is C17H30N2S. The van der Waals surface area contributed by atoms with Gasteiger partial charge < -0.3 is 5.32 Å². The summed E-state index contributed by atoms with van der Waals surface area (Å²) >= 11 is 1.99. The molecule has 1 N–H and O–H groups in total. The molecule has 2 nitrogen and oxygen atoms in total. The van der Waals surface area contributed by atoms with E-state index in [9.17, 15) is 0 Å². The molecule has 3 aliphatic rings. The Hall–Kier alpha value is -0.180. The Morgan fingerprint density at radius 2 is 1.85 bits per heavy atom. The van der Waals surface area contributed by atoms with Crippen molar-refractivity contribution in [1.29, 1.82) is 0 Å². The van der Waals surface area contributed by atoms with Gasteiger partial charge in [-0.2, -0.15) is 0 Å². The summed E-state index contributed by atoms with van der Waals surface area (Å²) in [5.41, 5.74) is 0.578. The summed E-state index contributed by atoms with van der Waals surface area (Å²) in [5, 5.41) is 4.88. The Kier molecular flexibility index (Phi) is 4.95. The molecule has 2 aliphatic carbocycles. The van der Waals surface area contributed by atoms with Gasteiger partial charge in [0.2, 0.25) is 0 Å². The van der Waals surface area contributed by atoms with Crippen molar-refractivity contribution in [2.75, 3.05) is 18.8 Å². The Morgan fingerprint density at radius 1 is 1.15 bits per heavy atom. The lowest BCUT2D eigenvalue weighted by Crippen LogP contribution is -2.36. The minimum atomic E-state index is 0.578. The average molecular weight is 295 g/mol. The Labute approximate surface area is 128 Å². The van der Waals surface area contributed by atoms with Gasteiger partial charge in [0.05, 0.1) is 0 Å². The van der Waals surface area contributed by atoms with Gasteiger partial charge in [-0.15, -0.1) is 0 Å². The number of thioether (sulfide) groups is 1. The van der Waals surface area contributed by atoms with E-state index in [-0.39, 0.29) is 0 Å². The lowest BCUT2D eigenvalue weighted by molar-refractivity contribution is 0.269. The standard InChI is InChI=1S/C17H30N2S/c1-2-14-5-7-15(8-6-14)11-18-16-19-12-17(13-20-16)9-3-4-10-17/h14-15H,2-13H2,1H3,(H,18,19). The molecule has 3 rings (SSSR count). The quantitative estimate of drug-likeness (QED) is 0.831. The zero-order valence-corrected chi connectivity index (χ0v) is 13.8. The van der Waals surface area contributed by atoms with Gasteiger partial charge in [0.25, 0.3) is 0 Å². The molecule has 0 aromatic rings. The molecule has 0 saturated heterocycles. The second-order valence-electron chi connectivity index (χ2n) is 7.29. The third kappa shape index (κ3) is 3.52. The van der Waals surface area contributed by atoms with Gasteiger partial charge in [-0.25, -0.2) is 0 Å². The summed E-state index contributed by atoms with van der Waals surface area (Å²) in [6.07, 6.45) is 12.8. The van der Waals surface area contributed by atoms with Crippen molar-refractivity contribution in [2.45, 2.75) is 64.7 Å². The minimum Gasteiger partial charge on any atom is -0.365 e. The Morgan fingerprint density at radius 3 is 2.45 bits per heavy atom. The van der Waals surface area contributed by atoms with Gasteiger partial charge in [0, 0.05) is 18.8 Å². The zero-order valence-electron chi connectivity index (χ0n) is 13.0. The number of hydrogen-bond acceptors (Lipinski definition) is 3. The molecule has 0 unspecified atom stereocenters. The van der Waals surface area contributed by atoms with Crippen molar-refractivity contribution in [3.63, 3.8) is 0 Å². The third-order valence-corrected chi connectivity index (χ3v) is 7.13. The maximum absolute atomic E-state index is 4.85. The fourth-order valence-corrected chi connectivity index (χ4v) is 5.33. The first kappa shape index (κ1) is 14.7. The molecule has 0 bridgehead atoms. The number of amidine groups is 1. The summed E-state index contributed by atoms with van der Waals surface area (Å²) in [6, 6.07) is 0. The summed E-state index contributed by atoms with van der Waals surface area (Å²) < 4.78 is 0. The first-order valence-electron chi connectivity index (χ1n) is 8.71. The Bertz CT molecular complexity index is 339. The highest BCUT2D eigenvalue weighted by molar-refractivity contribution is 8.13. The van der Waals surface area contributed by atoms with E-state index in [1.807, 2.05) is 11.8 Å². The van der Waals surface area contributed by atoms with E-state index in [0.717, 1.165) is 24.9 Å². The molecule has 1 heterocycles. The van der Waals surface area contributed by atoms with E-state index in [1.165, 1.54) is 68.7 Å². The molecule has 2 fully saturated rings. The van der Waals surface area contributed by atoms with Crippen LogP contribution in [0, 0.1) is 17.3 Å². The van der Waals surface area contributed by atoms with Gasteiger partial charge in [-0.05, 0) is 42.9 Å². The molecule has 3 heteroatoms. The fraction of sp³-hybridized carbons (Fsp3) is 0.941. The summed E-state index contributed by atoms with van der Waals surface area (Å²) in [6.45, 7) is 4.59. The molecule has 20 heavy (non-hydrogen) atoms. The predicted octanol–water partition coefficient (Wildman–Crippen LogP) is 4.46. The molecular weight excluding hydrogens is 264 g/mol. The number of hydrogen-bond donors (Lipinski definition) is 1. The zero-order chi connectivity index (χ0) is 13.8. The summed E-state index contributed by atoms with van der Waals surface area (Å²) in [5.74, 6) is 3.21. The van der Waals surface area contributed by atoms with Gasteiger partial charge in [-0.3, -0.25) is 4.99 Å². The second kappa shape index (κ2) is 6.72. The molecule has 114 valence electrons. The molecule has 0 aromatic heterocycles. The first-order valence-corrected chi connectivity index (χ1v) is 9.69. The first-order chi connectivity index (χ1) is 9.80. The molecule has 0 aromatic carbocycles. The van der Waals surface area contributed by atoms with E-state index in [1.54, 1.807) is 0 Å². The largest absolute Gasteiger partial charge is 0.365 e. The van der Waals surface area contributed by atoms with Crippen molar-refractivity contribution in [1.82, 2.24) is 5.32 Å². The van der Waals surface area contributed by atoms with Crippen LogP contribution in [0.5, 0.6) is 0 Å². The van der Waals surface area contributed by atoms with E-state index in [0.29, 0.717) is 5.41 Å². The SMILES string of the molecule is CCC1CCC(CNC2=NCC3(CCCC3)CS2)CC1. The minimum absolute atomic E-state index is 0.578. The van der Waals surface area contributed by atoms with Gasteiger partial charge >= 0.3 is 0 Å². The second-order valence-corrected chi connectivity index (χ2v) is 8.26. The maximum atomic E-state index is 4.85. The van der Waals surface area contributed by atoms with Crippen LogP contribution < -0.4 is 5.32 Å². The molecule has 0 atom stereocenters. The fourth-order valence-electron chi connectivity index (χ4n) is 4.16. The van der Waals surface area contributed by atoms with Gasteiger partial charge in [0.1, 0.15) is 0 Å². The highest BCUT2D eigenvalue weighted by Gasteiger charge is 2.36. The highest BCUT2D eigenvalue weighted by atomic mass is 32.2. The molecule has 0 amide bonds. The normalized spacial score (nSPS) is 33.1. The van der Waals surface area contributed by atoms with E-state index >= 15 is 0 Å². The molecule has 0 radical (unpaired) electrons. The monoisotopic (exact) mass is 294 g/mol. The van der Waals surface area contributed by atoms with Crippen molar-refractivity contribution in [3.05, 3.63) is 0 Å². The van der Waals surface area contributed by atoms with Gasteiger partial charge in [0.15, 0.2) is 5.17 Å². The lowest BCUT2D eigenvalue weighted by atomic mass is 9.81.